The van der Waals surface area contributed by atoms with Crippen molar-refractivity contribution in [2.75, 3.05) is 18.0 Å². The number of nitrogens with zero attached hydrogens (tertiary/aromatic N) is 1. The maximum Gasteiger partial charge on any atom is 0.192 e. The molecule has 0 saturated carbocycles. The van der Waals surface area contributed by atoms with Gasteiger partial charge >= 0.3 is 0 Å². The van der Waals surface area contributed by atoms with Crippen molar-refractivity contribution in [3.8, 4) is 0 Å². The topological polar surface area (TPSA) is 102 Å². The number of anilines is 2. The number of aromatic nitrogens is 1. The molecule has 0 aliphatic carbocycles. The molecule has 0 bridgehead atoms. The van der Waals surface area contributed by atoms with Crippen LogP contribution in [0.2, 0.25) is 0 Å². The molecular weight excluding hydrogens is 192 g/mol. The van der Waals surface area contributed by atoms with Crippen LogP contribution in [0.1, 0.15) is 12.0 Å². The molecule has 0 aliphatic rings. The minimum atomic E-state index is -0.488. The SMILES string of the molecule is C[n+]1cc(N)c(CCC(O)CN)c(N)c1. The molecule has 7 N–H and O–H groups in total. The second-order valence-corrected chi connectivity index (χ2v) is 3.74. The van der Waals surface area contributed by atoms with Crippen molar-refractivity contribution >= 4 is 11.4 Å². The number of nitrogens with two attached hydrogens (primary N) is 3. The number of aliphatic hydroxyl groups excluding tert-OH is 1. The van der Waals surface area contributed by atoms with Crippen LogP contribution in [0.25, 0.3) is 0 Å². The Morgan fingerprint density at radius 3 is 2.33 bits per heavy atom. The highest BCUT2D eigenvalue weighted by atomic mass is 16.3. The van der Waals surface area contributed by atoms with Gasteiger partial charge in [-0.05, 0) is 12.8 Å². The van der Waals surface area contributed by atoms with E-state index >= 15 is 0 Å². The van der Waals surface area contributed by atoms with Crippen LogP contribution in [0, 0.1) is 0 Å². The van der Waals surface area contributed by atoms with E-state index in [2.05, 4.69) is 0 Å². The Balaban J connectivity index is 2.77. The predicted molar refractivity (Wildman–Crippen MR) is 59.8 cm³/mol. The van der Waals surface area contributed by atoms with Crippen LogP contribution in [0.5, 0.6) is 0 Å². The van der Waals surface area contributed by atoms with E-state index in [1.807, 2.05) is 11.6 Å². The molecule has 0 spiro atoms. The van der Waals surface area contributed by atoms with Gasteiger partial charge in [0.1, 0.15) is 18.4 Å². The van der Waals surface area contributed by atoms with Crippen LogP contribution >= 0.6 is 0 Å². The maximum atomic E-state index is 9.34. The number of aliphatic hydroxyl groups is 1. The van der Waals surface area contributed by atoms with Gasteiger partial charge in [-0.2, -0.15) is 0 Å². The number of hydrogen-bond acceptors (Lipinski definition) is 4. The van der Waals surface area contributed by atoms with Crippen molar-refractivity contribution in [1.29, 1.82) is 0 Å². The minimum absolute atomic E-state index is 0.264. The Morgan fingerprint density at radius 2 is 1.87 bits per heavy atom. The Hall–Kier alpha value is -1.33. The van der Waals surface area contributed by atoms with Crippen LogP contribution in [0.4, 0.5) is 11.4 Å². The second-order valence-electron chi connectivity index (χ2n) is 3.74. The first kappa shape index (κ1) is 11.7. The third-order valence-corrected chi connectivity index (χ3v) is 2.38. The number of hydrogen-bond donors (Lipinski definition) is 4. The molecule has 0 saturated heterocycles. The lowest BCUT2D eigenvalue weighted by atomic mass is 10.1. The van der Waals surface area contributed by atoms with E-state index < -0.39 is 6.10 Å². The third-order valence-electron chi connectivity index (χ3n) is 2.38. The van der Waals surface area contributed by atoms with E-state index in [1.54, 1.807) is 12.4 Å². The molecular formula is C10H19N4O+. The van der Waals surface area contributed by atoms with Gasteiger partial charge in [-0.1, -0.05) is 0 Å². The Labute approximate surface area is 89.5 Å². The smallest absolute Gasteiger partial charge is 0.192 e. The van der Waals surface area contributed by atoms with Gasteiger partial charge in [0.15, 0.2) is 12.4 Å². The minimum Gasteiger partial charge on any atom is -0.394 e. The highest BCUT2D eigenvalue weighted by Crippen LogP contribution is 2.18. The number of rotatable bonds is 4. The lowest BCUT2D eigenvalue weighted by molar-refractivity contribution is -0.670. The van der Waals surface area contributed by atoms with Gasteiger partial charge in [-0.3, -0.25) is 0 Å². The summed E-state index contributed by atoms with van der Waals surface area (Å²) in [5, 5.41) is 9.34. The lowest BCUT2D eigenvalue weighted by Gasteiger charge is -2.10. The van der Waals surface area contributed by atoms with Crippen molar-refractivity contribution < 1.29 is 9.67 Å². The van der Waals surface area contributed by atoms with Crippen LogP contribution in [-0.4, -0.2) is 17.8 Å². The monoisotopic (exact) mass is 211 g/mol. The standard InChI is InChI=1S/C10H19N4O/c1-14-5-9(12)8(10(13)6-14)3-2-7(15)4-11/h5-7,15H,2-4,11-13H2,1H3/q+1. The van der Waals surface area contributed by atoms with E-state index in [0.29, 0.717) is 24.2 Å². The average Bonchev–Trinajstić information content (AvgIpc) is 2.15. The van der Waals surface area contributed by atoms with Crippen LogP contribution in [-0.2, 0) is 13.5 Å². The zero-order valence-electron chi connectivity index (χ0n) is 8.98. The summed E-state index contributed by atoms with van der Waals surface area (Å²) < 4.78 is 1.81. The Bertz CT molecular complexity index is 317. The summed E-state index contributed by atoms with van der Waals surface area (Å²) in [5.74, 6) is 0. The zero-order valence-corrected chi connectivity index (χ0v) is 8.98. The van der Waals surface area contributed by atoms with E-state index in [9.17, 15) is 5.11 Å². The predicted octanol–water partition coefficient (Wildman–Crippen LogP) is -1.07. The van der Waals surface area contributed by atoms with Gasteiger partial charge in [0.25, 0.3) is 0 Å². The molecule has 0 radical (unpaired) electrons. The Kier molecular flexibility index (Phi) is 3.88. The molecule has 15 heavy (non-hydrogen) atoms. The molecule has 5 heteroatoms. The van der Waals surface area contributed by atoms with E-state index in [-0.39, 0.29) is 6.54 Å². The molecule has 1 unspecified atom stereocenters. The summed E-state index contributed by atoms with van der Waals surface area (Å²) in [7, 11) is 1.87. The lowest BCUT2D eigenvalue weighted by Crippen LogP contribution is -2.29. The van der Waals surface area contributed by atoms with E-state index in [1.165, 1.54) is 0 Å². The number of pyridine rings is 1. The molecule has 5 nitrogen and oxygen atoms in total. The third kappa shape index (κ3) is 3.07. The fourth-order valence-electron chi connectivity index (χ4n) is 1.52. The first-order valence-electron chi connectivity index (χ1n) is 4.95. The highest BCUT2D eigenvalue weighted by Gasteiger charge is 2.11. The van der Waals surface area contributed by atoms with Gasteiger partial charge in [-0.25, -0.2) is 4.57 Å². The number of aryl methyl sites for hydroxylation is 1. The second kappa shape index (κ2) is 4.95. The zero-order chi connectivity index (χ0) is 11.4. The molecule has 1 aromatic rings. The molecule has 1 rings (SSSR count). The molecule has 84 valence electrons. The molecule has 0 amide bonds. The van der Waals surface area contributed by atoms with E-state index in [0.717, 1.165) is 5.56 Å². The van der Waals surface area contributed by atoms with Crippen LogP contribution in [0.15, 0.2) is 12.4 Å². The summed E-state index contributed by atoms with van der Waals surface area (Å²) in [4.78, 5) is 0. The van der Waals surface area contributed by atoms with E-state index in [4.69, 9.17) is 17.2 Å². The largest absolute Gasteiger partial charge is 0.394 e. The number of nitrogen functional groups attached to an aromatic ring is 2. The quantitative estimate of drug-likeness (QED) is 0.476. The van der Waals surface area contributed by atoms with Crippen molar-refractivity contribution in [3.05, 3.63) is 18.0 Å². The van der Waals surface area contributed by atoms with Crippen molar-refractivity contribution in [2.45, 2.75) is 18.9 Å². The van der Waals surface area contributed by atoms with Crippen LogP contribution in [0.3, 0.4) is 0 Å². The van der Waals surface area contributed by atoms with Crippen molar-refractivity contribution in [2.24, 2.45) is 12.8 Å². The molecule has 0 aromatic carbocycles. The first-order chi connectivity index (χ1) is 7.04. The summed E-state index contributed by atoms with van der Waals surface area (Å²) in [5.41, 5.74) is 19.2. The average molecular weight is 211 g/mol. The van der Waals surface area contributed by atoms with Gasteiger partial charge in [0, 0.05) is 12.1 Å². The fraction of sp³-hybridized carbons (Fsp3) is 0.500. The van der Waals surface area contributed by atoms with Gasteiger partial charge in [0.2, 0.25) is 0 Å². The molecule has 0 fully saturated rings. The van der Waals surface area contributed by atoms with Gasteiger partial charge in [0.05, 0.1) is 6.10 Å². The normalized spacial score (nSPS) is 12.7. The van der Waals surface area contributed by atoms with Crippen molar-refractivity contribution in [3.63, 3.8) is 0 Å². The summed E-state index contributed by atoms with van der Waals surface area (Å²) >= 11 is 0. The molecule has 0 aliphatic heterocycles. The van der Waals surface area contributed by atoms with Crippen molar-refractivity contribution in [1.82, 2.24) is 0 Å². The maximum absolute atomic E-state index is 9.34. The molecule has 1 aromatic heterocycles. The summed E-state index contributed by atoms with van der Waals surface area (Å²) in [6, 6.07) is 0. The summed E-state index contributed by atoms with van der Waals surface area (Å²) in [6.07, 6.45) is 4.36. The highest BCUT2D eigenvalue weighted by molar-refractivity contribution is 5.57. The Morgan fingerprint density at radius 1 is 1.33 bits per heavy atom. The van der Waals surface area contributed by atoms with Crippen LogP contribution < -0.4 is 21.8 Å². The summed E-state index contributed by atoms with van der Waals surface area (Å²) in [6.45, 7) is 0.264. The van der Waals surface area contributed by atoms with Gasteiger partial charge in [-0.15, -0.1) is 0 Å². The first-order valence-corrected chi connectivity index (χ1v) is 4.95. The molecule has 1 atom stereocenters. The molecule has 1 heterocycles. The fourth-order valence-corrected chi connectivity index (χ4v) is 1.52. The van der Waals surface area contributed by atoms with Gasteiger partial charge < -0.3 is 22.3 Å².